The summed E-state index contributed by atoms with van der Waals surface area (Å²) in [6, 6.07) is 9.24. The third-order valence-electron chi connectivity index (χ3n) is 4.35. The minimum atomic E-state index is -4.61. The molecule has 0 aliphatic rings. The fourth-order valence-corrected chi connectivity index (χ4v) is 2.91. The van der Waals surface area contributed by atoms with Gasteiger partial charge < -0.3 is 5.32 Å². The highest BCUT2D eigenvalue weighted by Crippen LogP contribution is 2.36. The average molecular weight is 472 g/mol. The lowest BCUT2D eigenvalue weighted by molar-refractivity contribution is -0.138. The predicted octanol–water partition coefficient (Wildman–Crippen LogP) is 6.29. The van der Waals surface area contributed by atoms with Crippen molar-refractivity contribution in [2.24, 2.45) is 0 Å². The summed E-state index contributed by atoms with van der Waals surface area (Å²) in [6.45, 7) is 0. The molecule has 1 N–H and O–H groups in total. The van der Waals surface area contributed by atoms with Crippen LogP contribution >= 0.6 is 12.4 Å². The van der Waals surface area contributed by atoms with Crippen LogP contribution in [0.25, 0.3) is 22.3 Å². The third kappa shape index (κ3) is 4.72. The van der Waals surface area contributed by atoms with Crippen LogP contribution in [0.2, 0.25) is 0 Å². The molecule has 3 heterocycles. The molecular weight excluding hydrogens is 460 g/mol. The zero-order valence-corrected chi connectivity index (χ0v) is 16.6. The van der Waals surface area contributed by atoms with E-state index in [2.05, 4.69) is 25.5 Å². The topological polar surface area (TPSA) is 63.6 Å². The summed E-state index contributed by atoms with van der Waals surface area (Å²) in [7, 11) is 0. The van der Waals surface area contributed by atoms with Gasteiger partial charge in [-0.2, -0.15) is 31.4 Å². The number of pyridine rings is 2. The van der Waals surface area contributed by atoms with Gasteiger partial charge in [0.05, 0.1) is 28.5 Å². The van der Waals surface area contributed by atoms with E-state index < -0.39 is 23.5 Å². The van der Waals surface area contributed by atoms with Gasteiger partial charge >= 0.3 is 12.4 Å². The first-order valence-electron chi connectivity index (χ1n) is 8.72. The Hall–Kier alpha value is -3.47. The first-order chi connectivity index (χ1) is 14.6. The zero-order chi connectivity index (χ0) is 22.2. The van der Waals surface area contributed by atoms with Crippen LogP contribution in [0, 0.1) is 0 Å². The summed E-state index contributed by atoms with van der Waals surface area (Å²) in [4.78, 5) is 8.03. The van der Waals surface area contributed by atoms with Gasteiger partial charge in [-0.15, -0.1) is 17.5 Å². The summed E-state index contributed by atoms with van der Waals surface area (Å²) in [6.07, 6.45) is -6.56. The first kappa shape index (κ1) is 23.2. The van der Waals surface area contributed by atoms with Crippen molar-refractivity contribution in [1.29, 1.82) is 0 Å². The fourth-order valence-electron chi connectivity index (χ4n) is 2.91. The van der Waals surface area contributed by atoms with Crippen LogP contribution in [0.4, 0.5) is 37.8 Å². The molecule has 0 fully saturated rings. The summed E-state index contributed by atoms with van der Waals surface area (Å²) in [5, 5.41) is 11.0. The molecule has 4 rings (SSSR count). The molecule has 0 radical (unpaired) electrons. The first-order valence-corrected chi connectivity index (χ1v) is 8.72. The van der Waals surface area contributed by atoms with Crippen LogP contribution in [-0.2, 0) is 12.4 Å². The van der Waals surface area contributed by atoms with E-state index >= 15 is 0 Å². The highest BCUT2D eigenvalue weighted by molar-refractivity contribution is 5.91. The number of fused-ring (bicyclic) bond motifs is 1. The molecule has 0 aliphatic carbocycles. The van der Waals surface area contributed by atoms with Crippen molar-refractivity contribution in [1.82, 2.24) is 20.2 Å². The lowest BCUT2D eigenvalue weighted by Crippen LogP contribution is -2.08. The highest BCUT2D eigenvalue weighted by Gasteiger charge is 2.34. The maximum Gasteiger partial charge on any atom is 0.418 e. The van der Waals surface area contributed by atoms with Crippen molar-refractivity contribution >= 4 is 34.8 Å². The van der Waals surface area contributed by atoms with E-state index in [1.54, 1.807) is 0 Å². The maximum absolute atomic E-state index is 13.3. The molecule has 32 heavy (non-hydrogen) atoms. The van der Waals surface area contributed by atoms with Crippen LogP contribution in [0.1, 0.15) is 11.1 Å². The summed E-state index contributed by atoms with van der Waals surface area (Å²) >= 11 is 0. The van der Waals surface area contributed by atoms with E-state index in [1.807, 2.05) is 0 Å². The molecule has 12 heteroatoms. The Kier molecular flexibility index (Phi) is 6.22. The zero-order valence-electron chi connectivity index (χ0n) is 15.7. The molecule has 3 aromatic heterocycles. The Morgan fingerprint density at radius 1 is 0.812 bits per heavy atom. The van der Waals surface area contributed by atoms with Crippen molar-refractivity contribution < 1.29 is 26.3 Å². The van der Waals surface area contributed by atoms with Gasteiger partial charge in [-0.05, 0) is 48.5 Å². The molecule has 0 atom stereocenters. The lowest BCUT2D eigenvalue weighted by Gasteiger charge is -2.12. The maximum atomic E-state index is 13.3. The molecule has 4 aromatic rings. The second-order valence-corrected chi connectivity index (χ2v) is 6.42. The second-order valence-electron chi connectivity index (χ2n) is 6.42. The minimum Gasteiger partial charge on any atom is -0.338 e. The van der Waals surface area contributed by atoms with E-state index in [-0.39, 0.29) is 35.1 Å². The van der Waals surface area contributed by atoms with Crippen LogP contribution in [0.5, 0.6) is 0 Å². The Labute approximate surface area is 183 Å². The lowest BCUT2D eigenvalue weighted by atomic mass is 10.1. The van der Waals surface area contributed by atoms with Gasteiger partial charge in [-0.3, -0.25) is 4.98 Å². The quantitative estimate of drug-likeness (QED) is 0.356. The van der Waals surface area contributed by atoms with Crippen LogP contribution in [0.15, 0.2) is 60.9 Å². The summed E-state index contributed by atoms with van der Waals surface area (Å²) < 4.78 is 78.0. The Bertz CT molecular complexity index is 1240. The summed E-state index contributed by atoms with van der Waals surface area (Å²) in [5.74, 6) is 0.188. The Morgan fingerprint density at radius 2 is 1.53 bits per heavy atom. The van der Waals surface area contributed by atoms with Crippen molar-refractivity contribution in [2.75, 3.05) is 5.32 Å². The van der Waals surface area contributed by atoms with Gasteiger partial charge in [0.15, 0.2) is 5.82 Å². The highest BCUT2D eigenvalue weighted by atomic mass is 35.5. The van der Waals surface area contributed by atoms with E-state index in [0.717, 1.165) is 18.2 Å². The summed E-state index contributed by atoms with van der Waals surface area (Å²) in [5.41, 5.74) is -1.50. The predicted molar refractivity (Wildman–Crippen MR) is 108 cm³/mol. The van der Waals surface area contributed by atoms with Crippen molar-refractivity contribution in [2.45, 2.75) is 12.4 Å². The molecule has 0 amide bonds. The van der Waals surface area contributed by atoms with Crippen molar-refractivity contribution in [3.05, 3.63) is 72.1 Å². The van der Waals surface area contributed by atoms with Gasteiger partial charge in [0.2, 0.25) is 0 Å². The normalized spacial score (nSPS) is 11.8. The number of rotatable bonds is 3. The van der Waals surface area contributed by atoms with Gasteiger partial charge in [0, 0.05) is 17.3 Å². The minimum absolute atomic E-state index is 0. The number of nitrogens with one attached hydrogen (secondary N) is 1. The Morgan fingerprint density at radius 3 is 2.19 bits per heavy atom. The monoisotopic (exact) mass is 471 g/mol. The van der Waals surface area contributed by atoms with E-state index in [4.69, 9.17) is 0 Å². The largest absolute Gasteiger partial charge is 0.418 e. The number of nitrogens with zero attached hydrogens (tertiary/aromatic N) is 4. The van der Waals surface area contributed by atoms with Crippen molar-refractivity contribution in [3.8, 4) is 11.4 Å². The van der Waals surface area contributed by atoms with Gasteiger partial charge in [0.1, 0.15) is 5.69 Å². The van der Waals surface area contributed by atoms with Crippen LogP contribution in [0.3, 0.4) is 0 Å². The number of aromatic nitrogens is 4. The molecule has 0 spiro atoms. The van der Waals surface area contributed by atoms with Gasteiger partial charge in [-0.25, -0.2) is 4.98 Å². The van der Waals surface area contributed by atoms with Crippen LogP contribution < -0.4 is 5.32 Å². The molecule has 0 saturated heterocycles. The van der Waals surface area contributed by atoms with Gasteiger partial charge in [0.25, 0.3) is 0 Å². The van der Waals surface area contributed by atoms with Crippen molar-refractivity contribution in [3.63, 3.8) is 0 Å². The number of benzene rings is 1. The smallest absolute Gasteiger partial charge is 0.338 e. The Balaban J connectivity index is 0.00000289. The van der Waals surface area contributed by atoms with E-state index in [9.17, 15) is 26.3 Å². The fraction of sp³-hybridized carbons (Fsp3) is 0.100. The molecule has 0 unspecified atom stereocenters. The second kappa shape index (κ2) is 8.58. The average Bonchev–Trinajstić information content (AvgIpc) is 2.73. The molecule has 0 bridgehead atoms. The SMILES string of the molecule is Cl.FC(F)(F)c1ccc(Nc2nncc3nc(-c4ncccc4C(F)(F)F)ccc23)cc1. The number of hydrogen-bond acceptors (Lipinski definition) is 5. The standard InChI is InChI=1S/C20H11F6N5.ClH/c21-19(22,23)11-3-5-12(6-4-11)29-18-13-7-8-15(30-16(13)10-28-31-18)17-14(20(24,25)26)2-1-9-27-17;/h1-10H,(H,29,31);1H. The molecular formula is C20H12ClF6N5. The number of hydrogen-bond donors (Lipinski definition) is 1. The number of alkyl halides is 6. The number of anilines is 2. The van der Waals surface area contributed by atoms with E-state index in [1.165, 1.54) is 42.7 Å². The molecule has 1 aromatic carbocycles. The van der Waals surface area contributed by atoms with Gasteiger partial charge in [-0.1, -0.05) is 0 Å². The van der Waals surface area contributed by atoms with E-state index in [0.29, 0.717) is 11.1 Å². The van der Waals surface area contributed by atoms with Crippen LogP contribution in [-0.4, -0.2) is 20.2 Å². The molecule has 0 saturated carbocycles. The molecule has 166 valence electrons. The molecule has 0 aliphatic heterocycles. The number of halogens is 7. The molecule has 5 nitrogen and oxygen atoms in total. The third-order valence-corrected chi connectivity index (χ3v) is 4.35.